The highest BCUT2D eigenvalue weighted by molar-refractivity contribution is 6.40. The molecule has 0 spiro atoms. The van der Waals surface area contributed by atoms with Crippen LogP contribution in [0.2, 0.25) is 0 Å². The number of ether oxygens (including phenoxy) is 2. The van der Waals surface area contributed by atoms with Crippen LogP contribution in [0.25, 0.3) is 0 Å². The number of alkyl halides is 2. The third-order valence-electron chi connectivity index (χ3n) is 8.54. The Kier molecular flexibility index (Phi) is 28.6. The molecule has 4 heterocycles. The van der Waals surface area contributed by atoms with Crippen LogP contribution in [0.3, 0.4) is 0 Å². The fourth-order valence-electron chi connectivity index (χ4n) is 5.69. The Morgan fingerprint density at radius 3 is 1.54 bits per heavy atom. The summed E-state index contributed by atoms with van der Waals surface area (Å²) >= 11 is 9.53. The molecule has 4 aliphatic rings. The molecule has 4 fully saturated rings. The molecule has 2 aromatic rings. The molecule has 0 bridgehead atoms. The van der Waals surface area contributed by atoms with Gasteiger partial charge in [0.25, 0.3) is 0 Å². The van der Waals surface area contributed by atoms with Gasteiger partial charge in [0.15, 0.2) is 0 Å². The monoisotopic (exact) mass is 791 g/mol. The van der Waals surface area contributed by atoms with Gasteiger partial charge in [0.05, 0.1) is 17.9 Å². The van der Waals surface area contributed by atoms with Crippen LogP contribution in [0.5, 0.6) is 0 Å². The fraction of sp³-hybridized carbons (Fsp3) is 0.579. The number of halogens is 2. The minimum atomic E-state index is -0.187. The van der Waals surface area contributed by atoms with E-state index in [-0.39, 0.29) is 57.3 Å². The van der Waals surface area contributed by atoms with Gasteiger partial charge in [-0.3, -0.25) is 4.79 Å². The van der Waals surface area contributed by atoms with E-state index in [9.17, 15) is 14.4 Å². The summed E-state index contributed by atoms with van der Waals surface area (Å²) in [5, 5.41) is 15.2. The number of nitrogens with zero attached hydrogens (tertiary/aromatic N) is 1. The van der Waals surface area contributed by atoms with Crippen LogP contribution in [0.1, 0.15) is 63.5 Å². The largest absolute Gasteiger partial charge is 0.381 e. The molecule has 6 rings (SSSR count). The Bertz CT molecular complexity index is 1320. The van der Waals surface area contributed by atoms with E-state index in [2.05, 4.69) is 26.6 Å². The second-order valence-corrected chi connectivity index (χ2v) is 13.4. The summed E-state index contributed by atoms with van der Waals surface area (Å²) in [5.74, 6) is 0.231. The zero-order valence-corrected chi connectivity index (χ0v) is 32.3. The fourth-order valence-corrected chi connectivity index (χ4v) is 5.69. The van der Waals surface area contributed by atoms with E-state index >= 15 is 0 Å². The third-order valence-corrected chi connectivity index (χ3v) is 8.54. The number of likely N-dealkylation sites (tertiary alicyclic amines) is 1. The number of carbonyl (C=O) groups is 3. The minimum Gasteiger partial charge on any atom is -0.381 e. The first-order chi connectivity index (χ1) is 25.2. The van der Waals surface area contributed by atoms with E-state index in [0.29, 0.717) is 32.3 Å². The SMILES string of the molecule is C.C1CCOC1.Cc1ccc(NC(=O)NC2CCN(C(=O)[C@@H]3CCOC3)CC2)cc1.Cc1ccc(NC(=O)NC2CCNCC2)cc1.ClCCl.O=C=O.[B]. The van der Waals surface area contributed by atoms with E-state index in [1.165, 1.54) is 18.4 Å². The third kappa shape index (κ3) is 21.9. The molecule has 5 amide bonds. The zero-order valence-electron chi connectivity index (χ0n) is 30.8. The van der Waals surface area contributed by atoms with E-state index in [0.717, 1.165) is 75.3 Å². The van der Waals surface area contributed by atoms with Gasteiger partial charge in [0.2, 0.25) is 5.91 Å². The van der Waals surface area contributed by atoms with Gasteiger partial charge in [-0.15, -0.1) is 23.2 Å². The number of piperidine rings is 2. The van der Waals surface area contributed by atoms with Crippen molar-refractivity contribution in [1.29, 1.82) is 0 Å². The second kappa shape index (κ2) is 30.7. The van der Waals surface area contributed by atoms with E-state index < -0.39 is 0 Å². The molecule has 1 atom stereocenters. The number of aryl methyl sites for hydroxylation is 2. The summed E-state index contributed by atoms with van der Waals surface area (Å²) < 4.78 is 10.2. The van der Waals surface area contributed by atoms with Gasteiger partial charge < -0.3 is 41.0 Å². The molecule has 54 heavy (non-hydrogen) atoms. The van der Waals surface area contributed by atoms with Gasteiger partial charge in [-0.05, 0) is 96.1 Å². The molecule has 0 aromatic heterocycles. The van der Waals surface area contributed by atoms with Crippen molar-refractivity contribution >= 4 is 67.1 Å². The highest BCUT2D eigenvalue weighted by Gasteiger charge is 2.31. The lowest BCUT2D eigenvalue weighted by atomic mass is 10.0. The highest BCUT2D eigenvalue weighted by atomic mass is 35.5. The summed E-state index contributed by atoms with van der Waals surface area (Å²) in [4.78, 5) is 54.3. The van der Waals surface area contributed by atoms with Crippen LogP contribution in [0.15, 0.2) is 48.5 Å². The Labute approximate surface area is 332 Å². The number of hydrogen-bond acceptors (Lipinski definition) is 8. The first-order valence-electron chi connectivity index (χ1n) is 17.7. The molecule has 4 saturated heterocycles. The van der Waals surface area contributed by atoms with Crippen LogP contribution in [0.4, 0.5) is 21.0 Å². The lowest BCUT2D eigenvalue weighted by Gasteiger charge is -2.33. The van der Waals surface area contributed by atoms with E-state index in [4.69, 9.17) is 42.3 Å². The van der Waals surface area contributed by atoms with Crippen LogP contribution < -0.4 is 26.6 Å². The zero-order chi connectivity index (χ0) is 38.0. The minimum absolute atomic E-state index is 0. The van der Waals surface area contributed by atoms with Crippen LogP contribution in [-0.2, 0) is 23.9 Å². The van der Waals surface area contributed by atoms with Gasteiger partial charge in [-0.25, -0.2) is 9.59 Å². The first-order valence-corrected chi connectivity index (χ1v) is 18.8. The van der Waals surface area contributed by atoms with Crippen molar-refractivity contribution in [3.8, 4) is 0 Å². The number of urea groups is 2. The lowest BCUT2D eigenvalue weighted by Crippen LogP contribution is -2.49. The number of benzene rings is 2. The number of rotatable bonds is 5. The van der Waals surface area contributed by atoms with Gasteiger partial charge in [0, 0.05) is 64.8 Å². The average molecular weight is 793 g/mol. The molecule has 5 N–H and O–H groups in total. The van der Waals surface area contributed by atoms with Crippen molar-refractivity contribution in [2.24, 2.45) is 5.92 Å². The van der Waals surface area contributed by atoms with Crippen molar-refractivity contribution in [1.82, 2.24) is 20.9 Å². The maximum atomic E-state index is 12.3. The van der Waals surface area contributed by atoms with Crippen LogP contribution >= 0.6 is 23.2 Å². The lowest BCUT2D eigenvalue weighted by molar-refractivity contribution is -0.191. The number of hydrogen-bond donors (Lipinski definition) is 5. The number of nitrogens with one attached hydrogen (secondary N) is 5. The standard InChI is InChI=1S/C18H25N3O3.C13H19N3O.C4H8O.CH2Cl2.CO2.CH4.B/c1-13-2-4-15(5-3-13)19-18(23)20-16-6-9-21(10-7-16)17(22)14-8-11-24-12-14;1-10-2-4-11(5-3-10)15-13(17)16-12-6-8-14-9-7-12;1-2-4-5-3-1;2*2-1-3;;/h2-5,14,16H,6-12H2,1H3,(H2,19,20,23);2-5,12,14H,6-9H2,1H3,(H2,15,16,17);1-4H2;1H2;;1H4;/t14-;;;;;;/m1....../s1. The Balaban J connectivity index is 0.000000813. The Hall–Kier alpha value is -3.65. The topological polar surface area (TPSA) is 167 Å². The smallest absolute Gasteiger partial charge is 0.373 e. The predicted octanol–water partition coefficient (Wildman–Crippen LogP) is 5.90. The summed E-state index contributed by atoms with van der Waals surface area (Å²) in [6.45, 7) is 10.6. The molecule has 3 radical (unpaired) electrons. The normalized spacial score (nSPS) is 17.5. The molecule has 0 unspecified atom stereocenters. The van der Waals surface area contributed by atoms with Crippen molar-refractivity contribution < 1.29 is 33.4 Å². The van der Waals surface area contributed by atoms with Gasteiger partial charge in [-0.2, -0.15) is 9.59 Å². The summed E-state index contributed by atoms with van der Waals surface area (Å²) in [7, 11) is 0. The van der Waals surface area contributed by atoms with E-state index in [1.54, 1.807) is 0 Å². The highest BCUT2D eigenvalue weighted by Crippen LogP contribution is 2.19. The molecule has 0 aliphatic carbocycles. The summed E-state index contributed by atoms with van der Waals surface area (Å²) in [6.07, 6.45) is 7.22. The van der Waals surface area contributed by atoms with Crippen LogP contribution in [-0.4, -0.2) is 107 Å². The molecule has 4 aliphatic heterocycles. The van der Waals surface area contributed by atoms with Gasteiger partial charge in [0.1, 0.15) is 0 Å². The van der Waals surface area contributed by atoms with Crippen molar-refractivity contribution in [2.75, 3.05) is 68.6 Å². The maximum absolute atomic E-state index is 12.3. The predicted molar refractivity (Wildman–Crippen MR) is 215 cm³/mol. The van der Waals surface area contributed by atoms with Gasteiger partial charge in [-0.1, -0.05) is 42.8 Å². The Morgan fingerprint density at radius 1 is 0.741 bits per heavy atom. The second-order valence-electron chi connectivity index (χ2n) is 12.6. The molecule has 299 valence electrons. The summed E-state index contributed by atoms with van der Waals surface area (Å²) in [5.41, 5.74) is 3.97. The summed E-state index contributed by atoms with van der Waals surface area (Å²) in [6, 6.07) is 15.6. The van der Waals surface area contributed by atoms with Crippen molar-refractivity contribution in [3.63, 3.8) is 0 Å². The van der Waals surface area contributed by atoms with Crippen molar-refractivity contribution in [3.05, 3.63) is 59.7 Å². The first kappa shape index (κ1) is 50.4. The molecular weight excluding hydrogens is 734 g/mol. The molecular formula is C38H58BCl2N6O7. The molecule has 16 heteroatoms. The number of amides is 5. The molecule has 2 aromatic carbocycles. The van der Waals surface area contributed by atoms with E-state index in [1.807, 2.05) is 67.3 Å². The number of anilines is 2. The van der Waals surface area contributed by atoms with Crippen molar-refractivity contribution in [2.45, 2.75) is 78.3 Å². The van der Waals surface area contributed by atoms with Crippen LogP contribution in [0, 0.1) is 19.8 Å². The molecule has 13 nitrogen and oxygen atoms in total. The number of carbonyl (C=O) groups excluding carboxylic acids is 5. The Morgan fingerprint density at radius 2 is 1.17 bits per heavy atom. The van der Waals surface area contributed by atoms with Gasteiger partial charge >= 0.3 is 18.2 Å². The average Bonchev–Trinajstić information content (AvgIpc) is 3.91. The quantitative estimate of drug-likeness (QED) is 0.184. The molecule has 0 saturated carbocycles. The maximum Gasteiger partial charge on any atom is 0.373 e.